The fourth-order valence-corrected chi connectivity index (χ4v) is 1.72. The van der Waals surface area contributed by atoms with Gasteiger partial charge in [-0.25, -0.2) is 0 Å². The Bertz CT molecular complexity index is 652. The van der Waals surface area contributed by atoms with Crippen molar-refractivity contribution in [2.45, 2.75) is 13.1 Å². The number of nitrogens with zero attached hydrogens (tertiary/aromatic N) is 1. The van der Waals surface area contributed by atoms with E-state index in [2.05, 4.69) is 15.0 Å². The van der Waals surface area contributed by atoms with Gasteiger partial charge in [0.25, 0.3) is 5.91 Å². The minimum atomic E-state index is -4.63. The quantitative estimate of drug-likeness (QED) is 0.915. The van der Waals surface area contributed by atoms with Gasteiger partial charge in [-0.3, -0.25) is 4.79 Å². The molecule has 0 aliphatic rings. The summed E-state index contributed by atoms with van der Waals surface area (Å²) in [7, 11) is 0. The van der Waals surface area contributed by atoms with Crippen molar-refractivity contribution in [2.75, 3.05) is 5.32 Å². The second kappa shape index (κ2) is 5.16. The number of aryl methyl sites for hydroxylation is 1. The summed E-state index contributed by atoms with van der Waals surface area (Å²) >= 11 is 5.54. The first-order valence-electron chi connectivity index (χ1n) is 5.38. The lowest BCUT2D eigenvalue weighted by Gasteiger charge is -2.13. The van der Waals surface area contributed by atoms with E-state index in [1.54, 1.807) is 6.92 Å². The van der Waals surface area contributed by atoms with E-state index in [4.69, 9.17) is 11.6 Å². The van der Waals surface area contributed by atoms with E-state index < -0.39 is 23.3 Å². The van der Waals surface area contributed by atoms with Crippen LogP contribution in [0.3, 0.4) is 0 Å². The molecule has 0 fully saturated rings. The van der Waals surface area contributed by atoms with Crippen molar-refractivity contribution in [1.29, 1.82) is 0 Å². The Morgan fingerprint density at radius 1 is 1.40 bits per heavy atom. The van der Waals surface area contributed by atoms with Crippen LogP contribution in [-0.2, 0) is 6.18 Å². The maximum absolute atomic E-state index is 12.9. The highest BCUT2D eigenvalue weighted by atomic mass is 35.5. The highest BCUT2D eigenvalue weighted by Gasteiger charge is 2.34. The summed E-state index contributed by atoms with van der Waals surface area (Å²) < 4.78 is 43.2. The predicted molar refractivity (Wildman–Crippen MR) is 65.6 cm³/mol. The highest BCUT2D eigenvalue weighted by Crippen LogP contribution is 2.36. The number of halogens is 4. The van der Waals surface area contributed by atoms with Crippen molar-refractivity contribution in [3.8, 4) is 0 Å². The molecule has 1 amide bonds. The monoisotopic (exact) mass is 304 g/mol. The summed E-state index contributed by atoms with van der Waals surface area (Å²) in [6.45, 7) is 1.55. The predicted octanol–water partition coefficient (Wildman–Crippen LogP) is 3.91. The number of hydrogen-bond acceptors (Lipinski definition) is 3. The van der Waals surface area contributed by atoms with Crippen LogP contribution in [0.5, 0.6) is 0 Å². The molecule has 0 saturated carbocycles. The van der Waals surface area contributed by atoms with Gasteiger partial charge in [0.05, 0.1) is 17.4 Å². The van der Waals surface area contributed by atoms with Gasteiger partial charge in [-0.2, -0.15) is 13.2 Å². The Kier molecular flexibility index (Phi) is 3.71. The van der Waals surface area contributed by atoms with Crippen LogP contribution >= 0.6 is 11.6 Å². The lowest BCUT2D eigenvalue weighted by atomic mass is 10.1. The van der Waals surface area contributed by atoms with Gasteiger partial charge in [-0.1, -0.05) is 16.8 Å². The average Bonchev–Trinajstić information content (AvgIpc) is 2.76. The Morgan fingerprint density at radius 3 is 2.65 bits per heavy atom. The number of rotatable bonds is 2. The Hall–Kier alpha value is -2.02. The zero-order chi connectivity index (χ0) is 14.9. The van der Waals surface area contributed by atoms with Crippen molar-refractivity contribution < 1.29 is 22.5 Å². The minimum absolute atomic E-state index is 0.0776. The van der Waals surface area contributed by atoms with Gasteiger partial charge in [-0.05, 0) is 25.1 Å². The number of carbonyl (C=O) groups excluding carboxylic acids is 1. The Balaban J connectivity index is 2.35. The summed E-state index contributed by atoms with van der Waals surface area (Å²) in [5, 5.41) is 5.45. The summed E-state index contributed by atoms with van der Waals surface area (Å²) in [6.07, 6.45) is -3.34. The molecule has 1 heterocycles. The molecule has 4 nitrogen and oxygen atoms in total. The minimum Gasteiger partial charge on any atom is -0.351 e. The number of aromatic nitrogens is 1. The maximum Gasteiger partial charge on any atom is 0.418 e. The van der Waals surface area contributed by atoms with E-state index in [-0.39, 0.29) is 10.8 Å². The van der Waals surface area contributed by atoms with Crippen molar-refractivity contribution in [1.82, 2.24) is 5.16 Å². The molecule has 0 radical (unpaired) electrons. The molecule has 1 aromatic carbocycles. The van der Waals surface area contributed by atoms with Gasteiger partial charge < -0.3 is 9.84 Å². The molecule has 1 N–H and O–H groups in total. The van der Waals surface area contributed by atoms with Crippen LogP contribution < -0.4 is 5.32 Å². The molecule has 0 atom stereocenters. The van der Waals surface area contributed by atoms with Gasteiger partial charge in [0, 0.05) is 10.6 Å². The third kappa shape index (κ3) is 2.93. The normalized spacial score (nSPS) is 11.4. The molecule has 1 aromatic heterocycles. The number of benzene rings is 1. The third-order valence-corrected chi connectivity index (χ3v) is 2.73. The molecule has 20 heavy (non-hydrogen) atoms. The van der Waals surface area contributed by atoms with E-state index in [9.17, 15) is 18.0 Å². The second-order valence-electron chi connectivity index (χ2n) is 3.98. The summed E-state index contributed by atoms with van der Waals surface area (Å²) in [5.74, 6) is -0.958. The molecular weight excluding hydrogens is 297 g/mol. The van der Waals surface area contributed by atoms with Crippen LogP contribution in [0.1, 0.15) is 21.7 Å². The van der Waals surface area contributed by atoms with Crippen LogP contribution in [0.4, 0.5) is 18.9 Å². The molecule has 0 unspecified atom stereocenters. The molecule has 0 bridgehead atoms. The van der Waals surface area contributed by atoms with Gasteiger partial charge in [-0.15, -0.1) is 0 Å². The smallest absolute Gasteiger partial charge is 0.351 e. The Labute approximate surface area is 116 Å². The van der Waals surface area contributed by atoms with Crippen LogP contribution in [0.2, 0.25) is 5.02 Å². The third-order valence-electron chi connectivity index (χ3n) is 2.49. The average molecular weight is 305 g/mol. The molecule has 0 aliphatic carbocycles. The number of amides is 1. The zero-order valence-corrected chi connectivity index (χ0v) is 10.8. The number of nitrogens with one attached hydrogen (secondary N) is 1. The summed E-state index contributed by atoms with van der Waals surface area (Å²) in [6, 6.07) is 3.07. The summed E-state index contributed by atoms with van der Waals surface area (Å²) in [4.78, 5) is 11.8. The standard InChI is InChI=1S/C12H8ClF3N2O2/c1-6-5-17-20-10(6)11(19)18-9-3-2-7(13)4-8(9)12(14,15)16/h2-5H,1H3,(H,18,19). The van der Waals surface area contributed by atoms with Gasteiger partial charge >= 0.3 is 6.18 Å². The fraction of sp³-hybridized carbons (Fsp3) is 0.167. The van der Waals surface area contributed by atoms with Crippen LogP contribution in [0, 0.1) is 6.92 Å². The first kappa shape index (κ1) is 14.4. The largest absolute Gasteiger partial charge is 0.418 e. The van der Waals surface area contributed by atoms with Crippen molar-refractivity contribution >= 4 is 23.2 Å². The lowest BCUT2D eigenvalue weighted by molar-refractivity contribution is -0.136. The zero-order valence-electron chi connectivity index (χ0n) is 10.1. The van der Waals surface area contributed by atoms with E-state index in [1.165, 1.54) is 12.3 Å². The number of hydrogen-bond donors (Lipinski definition) is 1. The van der Waals surface area contributed by atoms with E-state index in [0.29, 0.717) is 5.56 Å². The first-order chi connectivity index (χ1) is 9.29. The van der Waals surface area contributed by atoms with Crippen molar-refractivity contribution in [3.05, 3.63) is 46.3 Å². The molecule has 0 spiro atoms. The lowest BCUT2D eigenvalue weighted by Crippen LogP contribution is -2.16. The van der Waals surface area contributed by atoms with Crippen molar-refractivity contribution in [2.24, 2.45) is 0 Å². The molecular formula is C12H8ClF3N2O2. The maximum atomic E-state index is 12.9. The number of anilines is 1. The highest BCUT2D eigenvalue weighted by molar-refractivity contribution is 6.30. The topological polar surface area (TPSA) is 55.1 Å². The number of carbonyl (C=O) groups is 1. The fourth-order valence-electron chi connectivity index (χ4n) is 1.55. The van der Waals surface area contributed by atoms with Gasteiger partial charge in [0.2, 0.25) is 5.76 Å². The first-order valence-corrected chi connectivity index (χ1v) is 5.76. The van der Waals surface area contributed by atoms with E-state index in [1.807, 2.05) is 0 Å². The Morgan fingerprint density at radius 2 is 2.10 bits per heavy atom. The molecule has 0 saturated heterocycles. The molecule has 0 aliphatic heterocycles. The molecule has 106 valence electrons. The van der Waals surface area contributed by atoms with Crippen LogP contribution in [0.15, 0.2) is 28.9 Å². The van der Waals surface area contributed by atoms with E-state index in [0.717, 1.165) is 12.1 Å². The molecule has 8 heteroatoms. The van der Waals surface area contributed by atoms with E-state index >= 15 is 0 Å². The number of alkyl halides is 3. The summed E-state index contributed by atoms with van der Waals surface area (Å²) in [5.41, 5.74) is -1.01. The van der Waals surface area contributed by atoms with Crippen LogP contribution in [-0.4, -0.2) is 11.1 Å². The van der Waals surface area contributed by atoms with Gasteiger partial charge in [0.15, 0.2) is 0 Å². The second-order valence-corrected chi connectivity index (χ2v) is 4.42. The van der Waals surface area contributed by atoms with Crippen LogP contribution in [0.25, 0.3) is 0 Å². The van der Waals surface area contributed by atoms with Gasteiger partial charge in [0.1, 0.15) is 0 Å². The molecule has 2 aromatic rings. The van der Waals surface area contributed by atoms with Crippen molar-refractivity contribution in [3.63, 3.8) is 0 Å². The SMILES string of the molecule is Cc1cnoc1C(=O)Nc1ccc(Cl)cc1C(F)(F)F. The molecule has 2 rings (SSSR count).